The molecule has 29 heavy (non-hydrogen) atoms. The number of aryl methyl sites for hydroxylation is 1. The van der Waals surface area contributed by atoms with E-state index in [4.69, 9.17) is 4.74 Å². The van der Waals surface area contributed by atoms with E-state index in [0.717, 1.165) is 29.7 Å². The second kappa shape index (κ2) is 8.15. The van der Waals surface area contributed by atoms with Crippen LogP contribution in [0.2, 0.25) is 0 Å². The van der Waals surface area contributed by atoms with Crippen LogP contribution in [0.5, 0.6) is 0 Å². The van der Waals surface area contributed by atoms with Gasteiger partial charge in [0.25, 0.3) is 5.91 Å². The Labute approximate surface area is 171 Å². The van der Waals surface area contributed by atoms with Gasteiger partial charge in [-0.1, -0.05) is 35.9 Å². The summed E-state index contributed by atoms with van der Waals surface area (Å²) in [5, 5.41) is 3.56. The first-order chi connectivity index (χ1) is 14.1. The minimum atomic E-state index is -0.267. The molecule has 4 rings (SSSR count). The van der Waals surface area contributed by atoms with Crippen LogP contribution < -0.4 is 5.32 Å². The fourth-order valence-electron chi connectivity index (χ4n) is 4.21. The van der Waals surface area contributed by atoms with Crippen molar-refractivity contribution >= 4 is 17.7 Å². The van der Waals surface area contributed by atoms with Gasteiger partial charge >= 0.3 is 6.09 Å². The van der Waals surface area contributed by atoms with Crippen LogP contribution in [0, 0.1) is 6.92 Å². The number of ether oxygens (including phenoxy) is 1. The highest BCUT2D eigenvalue weighted by atomic mass is 16.6. The SMILES string of the molecule is CCOC(=O)N1CCC(N2C(=O)c3ccccc3[C@@H]2Nc2ccc(C)cc2)CC1. The normalized spacial score (nSPS) is 19.2. The second-order valence-electron chi connectivity index (χ2n) is 7.63. The van der Waals surface area contributed by atoms with E-state index >= 15 is 0 Å². The van der Waals surface area contributed by atoms with Gasteiger partial charge in [-0.05, 0) is 44.9 Å². The van der Waals surface area contributed by atoms with Crippen molar-refractivity contribution in [2.75, 3.05) is 25.0 Å². The van der Waals surface area contributed by atoms with Gasteiger partial charge in [0.1, 0.15) is 6.17 Å². The first-order valence-corrected chi connectivity index (χ1v) is 10.2. The maximum atomic E-state index is 13.2. The van der Waals surface area contributed by atoms with Crippen LogP contribution in [0.3, 0.4) is 0 Å². The fourth-order valence-corrected chi connectivity index (χ4v) is 4.21. The Bertz CT molecular complexity index is 888. The maximum absolute atomic E-state index is 13.2. The van der Waals surface area contributed by atoms with Crippen LogP contribution in [0.25, 0.3) is 0 Å². The Morgan fingerprint density at radius 3 is 2.48 bits per heavy atom. The number of hydrogen-bond donors (Lipinski definition) is 1. The van der Waals surface area contributed by atoms with E-state index in [9.17, 15) is 9.59 Å². The molecule has 2 aromatic carbocycles. The van der Waals surface area contributed by atoms with Crippen LogP contribution in [-0.2, 0) is 4.74 Å². The molecule has 1 N–H and O–H groups in total. The average molecular weight is 393 g/mol. The van der Waals surface area contributed by atoms with Gasteiger partial charge in [0.15, 0.2) is 0 Å². The monoisotopic (exact) mass is 393 g/mol. The molecule has 2 aromatic rings. The number of hydrogen-bond acceptors (Lipinski definition) is 4. The second-order valence-corrected chi connectivity index (χ2v) is 7.63. The number of carbonyl (C=O) groups is 2. The summed E-state index contributed by atoms with van der Waals surface area (Å²) in [5.74, 6) is 0.0554. The Morgan fingerprint density at radius 2 is 1.79 bits per heavy atom. The summed E-state index contributed by atoms with van der Waals surface area (Å²) >= 11 is 0. The maximum Gasteiger partial charge on any atom is 0.409 e. The molecule has 2 amide bonds. The van der Waals surface area contributed by atoms with Gasteiger partial charge in [-0.25, -0.2) is 4.79 Å². The van der Waals surface area contributed by atoms with Crippen molar-refractivity contribution in [2.24, 2.45) is 0 Å². The molecule has 0 spiro atoms. The highest BCUT2D eigenvalue weighted by Crippen LogP contribution is 2.38. The van der Waals surface area contributed by atoms with Gasteiger partial charge in [0.05, 0.1) is 6.61 Å². The van der Waals surface area contributed by atoms with Gasteiger partial charge in [0, 0.05) is 35.9 Å². The third-order valence-electron chi connectivity index (χ3n) is 5.74. The zero-order chi connectivity index (χ0) is 20.4. The summed E-state index contributed by atoms with van der Waals surface area (Å²) < 4.78 is 5.12. The van der Waals surface area contributed by atoms with E-state index in [1.54, 1.807) is 4.90 Å². The lowest BCUT2D eigenvalue weighted by Gasteiger charge is -2.39. The van der Waals surface area contributed by atoms with Crippen molar-refractivity contribution in [1.82, 2.24) is 9.80 Å². The highest BCUT2D eigenvalue weighted by Gasteiger charge is 2.42. The molecular weight excluding hydrogens is 366 g/mol. The lowest BCUT2D eigenvalue weighted by atomic mass is 10.0. The molecule has 2 aliphatic heterocycles. The molecule has 152 valence electrons. The van der Waals surface area contributed by atoms with Crippen molar-refractivity contribution in [3.8, 4) is 0 Å². The molecule has 2 heterocycles. The molecule has 0 unspecified atom stereocenters. The quantitative estimate of drug-likeness (QED) is 0.846. The summed E-state index contributed by atoms with van der Waals surface area (Å²) in [5.41, 5.74) is 3.94. The van der Waals surface area contributed by atoms with E-state index in [-0.39, 0.29) is 24.2 Å². The van der Waals surface area contributed by atoms with Crippen LogP contribution >= 0.6 is 0 Å². The largest absolute Gasteiger partial charge is 0.450 e. The predicted octanol–water partition coefficient (Wildman–Crippen LogP) is 4.18. The molecule has 1 fully saturated rings. The number of amides is 2. The number of rotatable bonds is 4. The standard InChI is InChI=1S/C23H27N3O3/c1-3-29-23(28)25-14-12-18(13-15-25)26-21(24-17-10-8-16(2)9-11-17)19-6-4-5-7-20(19)22(26)27/h4-11,18,21,24H,3,12-15H2,1-2H3/t21-/m1/s1. The molecule has 6 heteroatoms. The van der Waals surface area contributed by atoms with Crippen molar-refractivity contribution < 1.29 is 14.3 Å². The molecule has 0 saturated carbocycles. The fraction of sp³-hybridized carbons (Fsp3) is 0.391. The lowest BCUT2D eigenvalue weighted by molar-refractivity contribution is 0.0496. The van der Waals surface area contributed by atoms with Crippen LogP contribution in [0.1, 0.15) is 47.4 Å². The molecule has 0 radical (unpaired) electrons. The lowest BCUT2D eigenvalue weighted by Crippen LogP contribution is -2.49. The molecule has 0 aliphatic carbocycles. The highest BCUT2D eigenvalue weighted by molar-refractivity contribution is 5.99. The van der Waals surface area contributed by atoms with Gasteiger partial charge in [-0.15, -0.1) is 0 Å². The Balaban J connectivity index is 1.55. The van der Waals surface area contributed by atoms with Crippen molar-refractivity contribution in [1.29, 1.82) is 0 Å². The average Bonchev–Trinajstić information content (AvgIpc) is 3.02. The van der Waals surface area contributed by atoms with E-state index in [0.29, 0.717) is 19.7 Å². The van der Waals surface area contributed by atoms with E-state index in [1.165, 1.54) is 5.56 Å². The molecule has 1 saturated heterocycles. The van der Waals surface area contributed by atoms with Crippen molar-refractivity contribution in [3.05, 3.63) is 65.2 Å². The molecule has 6 nitrogen and oxygen atoms in total. The third-order valence-corrected chi connectivity index (χ3v) is 5.74. The van der Waals surface area contributed by atoms with E-state index < -0.39 is 0 Å². The summed E-state index contributed by atoms with van der Waals surface area (Å²) in [7, 11) is 0. The molecule has 0 bridgehead atoms. The first-order valence-electron chi connectivity index (χ1n) is 10.2. The summed E-state index contributed by atoms with van der Waals surface area (Å²) in [6, 6.07) is 16.1. The van der Waals surface area contributed by atoms with E-state index in [2.05, 4.69) is 24.4 Å². The summed E-state index contributed by atoms with van der Waals surface area (Å²) in [4.78, 5) is 29.0. The minimum absolute atomic E-state index is 0.0554. The predicted molar refractivity (Wildman–Crippen MR) is 112 cm³/mol. The van der Waals surface area contributed by atoms with Crippen LogP contribution in [0.15, 0.2) is 48.5 Å². The van der Waals surface area contributed by atoms with Crippen molar-refractivity contribution in [2.45, 2.75) is 38.9 Å². The number of piperidine rings is 1. The number of likely N-dealkylation sites (tertiary alicyclic amines) is 1. The summed E-state index contributed by atoms with van der Waals surface area (Å²) in [6.45, 7) is 5.44. The topological polar surface area (TPSA) is 61.9 Å². The van der Waals surface area contributed by atoms with Crippen molar-refractivity contribution in [3.63, 3.8) is 0 Å². The van der Waals surface area contributed by atoms with Crippen LogP contribution in [-0.4, -0.2) is 47.5 Å². The number of fused-ring (bicyclic) bond motifs is 1. The number of carbonyl (C=O) groups excluding carboxylic acids is 2. The Morgan fingerprint density at radius 1 is 1.10 bits per heavy atom. The van der Waals surface area contributed by atoms with Gasteiger partial charge < -0.3 is 19.9 Å². The zero-order valence-electron chi connectivity index (χ0n) is 16.9. The first kappa shape index (κ1) is 19.3. The number of nitrogens with zero attached hydrogens (tertiary/aromatic N) is 2. The van der Waals surface area contributed by atoms with E-state index in [1.807, 2.05) is 48.2 Å². The van der Waals surface area contributed by atoms with Gasteiger partial charge in [-0.2, -0.15) is 0 Å². The number of benzene rings is 2. The number of nitrogens with one attached hydrogen (secondary N) is 1. The Hall–Kier alpha value is -3.02. The minimum Gasteiger partial charge on any atom is -0.450 e. The summed E-state index contributed by atoms with van der Waals surface area (Å²) in [6.07, 6.45) is 1.01. The molecule has 1 atom stereocenters. The zero-order valence-corrected chi connectivity index (χ0v) is 16.9. The molecule has 2 aliphatic rings. The Kier molecular flexibility index (Phi) is 5.43. The van der Waals surface area contributed by atoms with Gasteiger partial charge in [-0.3, -0.25) is 4.79 Å². The van der Waals surface area contributed by atoms with Gasteiger partial charge in [0.2, 0.25) is 0 Å². The van der Waals surface area contributed by atoms with Crippen LogP contribution in [0.4, 0.5) is 10.5 Å². The third kappa shape index (κ3) is 3.79. The molecule has 0 aromatic heterocycles. The molecular formula is C23H27N3O3. The number of anilines is 1. The smallest absolute Gasteiger partial charge is 0.409 e.